The molecule has 192 valence electrons. The number of halogens is 1. The number of sulfonamides is 1. The third kappa shape index (κ3) is 6.25. The number of benzene rings is 2. The minimum absolute atomic E-state index is 0.0587. The fourth-order valence-electron chi connectivity index (χ4n) is 3.95. The summed E-state index contributed by atoms with van der Waals surface area (Å²) in [4.78, 5) is 17.3. The Bertz CT molecular complexity index is 1130. The molecule has 2 aromatic rings. The zero-order chi connectivity index (χ0) is 25.8. The highest BCUT2D eigenvalue weighted by Gasteiger charge is 2.27. The number of hydrogen-bond acceptors (Lipinski definition) is 7. The largest absolute Gasteiger partial charge is 0.497 e. The number of nitrogens with one attached hydrogen (secondary N) is 1. The van der Waals surface area contributed by atoms with E-state index in [9.17, 15) is 13.2 Å². The molecule has 0 saturated carbocycles. The van der Waals surface area contributed by atoms with Crippen LogP contribution in [0, 0.1) is 0 Å². The maximum absolute atomic E-state index is 13.4. The molecule has 0 unspecified atom stereocenters. The third-order valence-electron chi connectivity index (χ3n) is 5.98. The standard InChI is InChI=1S/C24H33ClN4O5S/c1-27(2)21-15-20(25)23(35(31,32)28(3)4)14-19(21)24(30)26-16-22(29-10-12-34-13-11-29)17-6-8-18(33-5)9-7-17/h6-9,14-15,22H,10-13,16H2,1-5H3,(H,26,30)/t22-/m0/s1. The van der Waals surface area contributed by atoms with Gasteiger partial charge in [0.05, 0.1) is 42.6 Å². The van der Waals surface area contributed by atoms with Gasteiger partial charge in [0.25, 0.3) is 5.91 Å². The zero-order valence-corrected chi connectivity index (χ0v) is 22.3. The van der Waals surface area contributed by atoms with E-state index in [-0.39, 0.29) is 27.4 Å². The van der Waals surface area contributed by atoms with E-state index in [0.717, 1.165) is 28.7 Å². The monoisotopic (exact) mass is 524 g/mol. The van der Waals surface area contributed by atoms with Crippen LogP contribution >= 0.6 is 11.6 Å². The highest BCUT2D eigenvalue weighted by Crippen LogP contribution is 2.32. The van der Waals surface area contributed by atoms with E-state index in [0.29, 0.717) is 25.4 Å². The summed E-state index contributed by atoms with van der Waals surface area (Å²) < 4.78 is 37.4. The van der Waals surface area contributed by atoms with Gasteiger partial charge < -0.3 is 19.7 Å². The molecule has 0 aliphatic carbocycles. The molecule has 0 spiro atoms. The summed E-state index contributed by atoms with van der Waals surface area (Å²) in [6.07, 6.45) is 0. The fourth-order valence-corrected chi connectivity index (χ4v) is 5.36. The van der Waals surface area contributed by atoms with Crippen LogP contribution < -0.4 is 15.0 Å². The molecule has 1 fully saturated rings. The molecule has 0 bridgehead atoms. The summed E-state index contributed by atoms with van der Waals surface area (Å²) in [5.74, 6) is 0.372. The summed E-state index contributed by atoms with van der Waals surface area (Å²) in [6.45, 7) is 3.04. The van der Waals surface area contributed by atoms with E-state index in [1.54, 1.807) is 26.1 Å². The van der Waals surface area contributed by atoms with Gasteiger partial charge in [0.1, 0.15) is 10.6 Å². The molecule has 1 saturated heterocycles. The highest BCUT2D eigenvalue weighted by atomic mass is 35.5. The second kappa shape index (κ2) is 11.6. The molecule has 2 aromatic carbocycles. The number of ether oxygens (including phenoxy) is 2. The predicted molar refractivity (Wildman–Crippen MR) is 137 cm³/mol. The molecule has 1 amide bonds. The second-order valence-electron chi connectivity index (χ2n) is 8.63. The number of hydrogen-bond donors (Lipinski definition) is 1. The predicted octanol–water partition coefficient (Wildman–Crippen LogP) is 2.47. The SMILES string of the molecule is COc1ccc([C@H](CNC(=O)c2cc(S(=O)(=O)N(C)C)c(Cl)cc2N(C)C)N2CCOCC2)cc1. The molecule has 1 heterocycles. The molecule has 1 aliphatic rings. The molecule has 35 heavy (non-hydrogen) atoms. The molecule has 11 heteroatoms. The van der Waals surface area contributed by atoms with E-state index in [1.807, 2.05) is 24.3 Å². The van der Waals surface area contributed by atoms with Crippen molar-refractivity contribution >= 4 is 33.2 Å². The Balaban J connectivity index is 1.92. The lowest BCUT2D eigenvalue weighted by Gasteiger charge is -2.35. The van der Waals surface area contributed by atoms with Crippen LogP contribution in [0.2, 0.25) is 5.02 Å². The van der Waals surface area contributed by atoms with Gasteiger partial charge in [-0.2, -0.15) is 0 Å². The number of carbonyl (C=O) groups is 1. The van der Waals surface area contributed by atoms with Gasteiger partial charge in [-0.05, 0) is 29.8 Å². The average molecular weight is 525 g/mol. The van der Waals surface area contributed by atoms with Gasteiger partial charge in [-0.15, -0.1) is 0 Å². The van der Waals surface area contributed by atoms with E-state index < -0.39 is 10.0 Å². The number of amides is 1. The van der Waals surface area contributed by atoms with E-state index in [4.69, 9.17) is 21.1 Å². The summed E-state index contributed by atoms with van der Waals surface area (Å²) in [6, 6.07) is 10.5. The topological polar surface area (TPSA) is 91.4 Å². The van der Waals surface area contributed by atoms with Crippen molar-refractivity contribution in [2.24, 2.45) is 0 Å². The number of carbonyl (C=O) groups excluding carboxylic acids is 1. The average Bonchev–Trinajstić information content (AvgIpc) is 2.84. The van der Waals surface area contributed by atoms with Crippen molar-refractivity contribution in [1.82, 2.24) is 14.5 Å². The smallest absolute Gasteiger partial charge is 0.253 e. The Morgan fingerprint density at radius 1 is 1.14 bits per heavy atom. The van der Waals surface area contributed by atoms with Gasteiger partial charge in [0, 0.05) is 47.8 Å². The Labute approximate surface area is 212 Å². The second-order valence-corrected chi connectivity index (χ2v) is 11.2. The Kier molecular flexibility index (Phi) is 9.00. The van der Waals surface area contributed by atoms with Crippen LogP contribution in [0.15, 0.2) is 41.3 Å². The van der Waals surface area contributed by atoms with Crippen molar-refractivity contribution in [3.8, 4) is 5.75 Å². The molecule has 0 radical (unpaired) electrons. The van der Waals surface area contributed by atoms with Gasteiger partial charge in [-0.3, -0.25) is 9.69 Å². The van der Waals surface area contributed by atoms with Crippen LogP contribution in [0.3, 0.4) is 0 Å². The van der Waals surface area contributed by atoms with E-state index in [2.05, 4.69) is 10.2 Å². The maximum atomic E-state index is 13.4. The van der Waals surface area contributed by atoms with Gasteiger partial charge in [0.2, 0.25) is 10.0 Å². The Morgan fingerprint density at radius 2 is 1.77 bits per heavy atom. The molecule has 3 rings (SSSR count). The summed E-state index contributed by atoms with van der Waals surface area (Å²) in [5, 5.41) is 3.07. The normalized spacial score (nSPS) is 15.6. The first-order valence-electron chi connectivity index (χ1n) is 11.2. The minimum atomic E-state index is -3.84. The first kappa shape index (κ1) is 27.2. The molecule has 9 nitrogen and oxygen atoms in total. The van der Waals surface area contributed by atoms with Crippen LogP contribution in [0.5, 0.6) is 5.75 Å². The number of morpholine rings is 1. The quantitative estimate of drug-likeness (QED) is 0.539. The number of anilines is 1. The molecular weight excluding hydrogens is 492 g/mol. The lowest BCUT2D eigenvalue weighted by molar-refractivity contribution is 0.0162. The fraction of sp³-hybridized carbons (Fsp3) is 0.458. The Hall–Kier alpha value is -2.37. The molecule has 1 aliphatic heterocycles. The van der Waals surface area contributed by atoms with Crippen molar-refractivity contribution in [3.63, 3.8) is 0 Å². The summed E-state index contributed by atoms with van der Waals surface area (Å²) in [7, 11) is 4.18. The Morgan fingerprint density at radius 3 is 2.31 bits per heavy atom. The van der Waals surface area contributed by atoms with Crippen molar-refractivity contribution in [1.29, 1.82) is 0 Å². The zero-order valence-electron chi connectivity index (χ0n) is 20.7. The van der Waals surface area contributed by atoms with E-state index in [1.165, 1.54) is 26.2 Å². The van der Waals surface area contributed by atoms with Gasteiger partial charge in [-0.25, -0.2) is 12.7 Å². The summed E-state index contributed by atoms with van der Waals surface area (Å²) in [5.41, 5.74) is 1.79. The summed E-state index contributed by atoms with van der Waals surface area (Å²) >= 11 is 6.32. The first-order chi connectivity index (χ1) is 16.6. The third-order valence-corrected chi connectivity index (χ3v) is 8.26. The van der Waals surface area contributed by atoms with E-state index >= 15 is 0 Å². The number of methoxy groups -OCH3 is 1. The van der Waals surface area contributed by atoms with Crippen molar-refractivity contribution in [3.05, 3.63) is 52.5 Å². The van der Waals surface area contributed by atoms with Crippen LogP contribution in [0.1, 0.15) is 22.0 Å². The minimum Gasteiger partial charge on any atom is -0.497 e. The van der Waals surface area contributed by atoms with Crippen LogP contribution in [0.4, 0.5) is 5.69 Å². The lowest BCUT2D eigenvalue weighted by Crippen LogP contribution is -2.44. The van der Waals surface area contributed by atoms with Gasteiger partial charge in [0.15, 0.2) is 0 Å². The van der Waals surface area contributed by atoms with Crippen LogP contribution in [-0.2, 0) is 14.8 Å². The van der Waals surface area contributed by atoms with Crippen molar-refractivity contribution < 1.29 is 22.7 Å². The van der Waals surface area contributed by atoms with Gasteiger partial charge in [-0.1, -0.05) is 23.7 Å². The molecule has 1 atom stereocenters. The number of nitrogens with zero attached hydrogens (tertiary/aromatic N) is 3. The molecule has 0 aromatic heterocycles. The van der Waals surface area contributed by atoms with Gasteiger partial charge >= 0.3 is 0 Å². The van der Waals surface area contributed by atoms with Crippen molar-refractivity contribution in [2.45, 2.75) is 10.9 Å². The maximum Gasteiger partial charge on any atom is 0.253 e. The highest BCUT2D eigenvalue weighted by molar-refractivity contribution is 7.89. The first-order valence-corrected chi connectivity index (χ1v) is 13.1. The lowest BCUT2D eigenvalue weighted by atomic mass is 10.0. The van der Waals surface area contributed by atoms with Crippen LogP contribution in [0.25, 0.3) is 0 Å². The van der Waals surface area contributed by atoms with Crippen LogP contribution in [-0.4, -0.2) is 91.7 Å². The molecule has 1 N–H and O–H groups in total. The molecular formula is C24H33ClN4O5S. The number of rotatable bonds is 9. The van der Waals surface area contributed by atoms with Crippen molar-refractivity contribution in [2.75, 3.05) is 73.0 Å².